The highest BCUT2D eigenvalue weighted by atomic mass is 16.5. The maximum Gasteiger partial charge on any atom is 0.0503 e. The summed E-state index contributed by atoms with van der Waals surface area (Å²) in [6.07, 6.45) is 2.20. The van der Waals surface area contributed by atoms with Gasteiger partial charge in [0, 0.05) is 38.5 Å². The first-order valence-electron chi connectivity index (χ1n) is 6.86. The SMILES string of the molecule is COCCc1ccccc1N1CCNC(C)CC1. The summed E-state index contributed by atoms with van der Waals surface area (Å²) < 4.78 is 5.20. The maximum atomic E-state index is 5.20. The van der Waals surface area contributed by atoms with Crippen LogP contribution < -0.4 is 10.2 Å². The maximum absolute atomic E-state index is 5.20. The monoisotopic (exact) mass is 248 g/mol. The molecule has 100 valence electrons. The second-order valence-electron chi connectivity index (χ2n) is 5.00. The van der Waals surface area contributed by atoms with Crippen LogP contribution >= 0.6 is 0 Å². The van der Waals surface area contributed by atoms with E-state index in [-0.39, 0.29) is 0 Å². The Hall–Kier alpha value is -1.06. The summed E-state index contributed by atoms with van der Waals surface area (Å²) in [5.74, 6) is 0. The van der Waals surface area contributed by atoms with Crippen LogP contribution in [0, 0.1) is 0 Å². The van der Waals surface area contributed by atoms with E-state index in [0.717, 1.165) is 32.7 Å². The number of nitrogens with one attached hydrogen (secondary N) is 1. The van der Waals surface area contributed by atoms with Gasteiger partial charge in [0.2, 0.25) is 0 Å². The van der Waals surface area contributed by atoms with E-state index in [4.69, 9.17) is 4.74 Å². The van der Waals surface area contributed by atoms with Crippen molar-refractivity contribution < 1.29 is 4.74 Å². The molecule has 3 heteroatoms. The Balaban J connectivity index is 2.10. The number of methoxy groups -OCH3 is 1. The lowest BCUT2D eigenvalue weighted by Crippen LogP contribution is -2.29. The van der Waals surface area contributed by atoms with Crippen LogP contribution in [0.4, 0.5) is 5.69 Å². The van der Waals surface area contributed by atoms with Gasteiger partial charge in [0.05, 0.1) is 6.61 Å². The quantitative estimate of drug-likeness (QED) is 0.883. The van der Waals surface area contributed by atoms with E-state index >= 15 is 0 Å². The summed E-state index contributed by atoms with van der Waals surface area (Å²) in [5, 5.41) is 3.54. The van der Waals surface area contributed by atoms with Gasteiger partial charge >= 0.3 is 0 Å². The summed E-state index contributed by atoms with van der Waals surface area (Å²) in [6.45, 7) is 6.35. The zero-order valence-electron chi connectivity index (χ0n) is 11.5. The largest absolute Gasteiger partial charge is 0.384 e. The van der Waals surface area contributed by atoms with Gasteiger partial charge in [0.15, 0.2) is 0 Å². The number of para-hydroxylation sites is 1. The molecule has 1 saturated heterocycles. The molecule has 1 aromatic carbocycles. The molecule has 1 atom stereocenters. The summed E-state index contributed by atoms with van der Waals surface area (Å²) >= 11 is 0. The van der Waals surface area contributed by atoms with Crippen molar-refractivity contribution in [1.82, 2.24) is 5.32 Å². The summed E-state index contributed by atoms with van der Waals surface area (Å²) in [6, 6.07) is 9.33. The molecule has 18 heavy (non-hydrogen) atoms. The predicted octanol–water partition coefficient (Wildman–Crippen LogP) is 2.06. The van der Waals surface area contributed by atoms with Crippen molar-refractivity contribution in [3.63, 3.8) is 0 Å². The fraction of sp³-hybridized carbons (Fsp3) is 0.600. The molecule has 0 radical (unpaired) electrons. The summed E-state index contributed by atoms with van der Waals surface area (Å²) in [7, 11) is 1.76. The van der Waals surface area contributed by atoms with Gasteiger partial charge in [-0.3, -0.25) is 0 Å². The molecule has 1 fully saturated rings. The lowest BCUT2D eigenvalue weighted by atomic mass is 10.1. The van der Waals surface area contributed by atoms with Crippen molar-refractivity contribution in [2.75, 3.05) is 38.3 Å². The Bertz CT molecular complexity index is 367. The zero-order chi connectivity index (χ0) is 12.8. The normalized spacial score (nSPS) is 20.8. The highest BCUT2D eigenvalue weighted by Crippen LogP contribution is 2.22. The Labute approximate surface area is 110 Å². The third kappa shape index (κ3) is 3.47. The standard InChI is InChI=1S/C15H24N2O/c1-13-7-10-17(11-9-16-13)15-6-4-3-5-14(15)8-12-18-2/h3-6,13,16H,7-12H2,1-2H3. The van der Waals surface area contributed by atoms with Gasteiger partial charge in [-0.2, -0.15) is 0 Å². The predicted molar refractivity (Wildman–Crippen MR) is 76.3 cm³/mol. The smallest absolute Gasteiger partial charge is 0.0503 e. The lowest BCUT2D eigenvalue weighted by molar-refractivity contribution is 0.202. The highest BCUT2D eigenvalue weighted by molar-refractivity contribution is 5.54. The molecule has 1 unspecified atom stereocenters. The molecule has 0 aliphatic carbocycles. The van der Waals surface area contributed by atoms with Gasteiger partial charge in [-0.1, -0.05) is 18.2 Å². The molecule has 1 heterocycles. The minimum atomic E-state index is 0.626. The van der Waals surface area contributed by atoms with Crippen molar-refractivity contribution in [2.24, 2.45) is 0 Å². The van der Waals surface area contributed by atoms with Crippen LogP contribution in [-0.2, 0) is 11.2 Å². The van der Waals surface area contributed by atoms with Gasteiger partial charge < -0.3 is 15.0 Å². The first-order chi connectivity index (χ1) is 8.81. The highest BCUT2D eigenvalue weighted by Gasteiger charge is 2.15. The van der Waals surface area contributed by atoms with E-state index in [1.165, 1.54) is 17.7 Å². The van der Waals surface area contributed by atoms with Gasteiger partial charge in [-0.15, -0.1) is 0 Å². The Morgan fingerprint density at radius 3 is 3.00 bits per heavy atom. The van der Waals surface area contributed by atoms with E-state index in [1.54, 1.807) is 7.11 Å². The van der Waals surface area contributed by atoms with Gasteiger partial charge in [0.1, 0.15) is 0 Å². The minimum absolute atomic E-state index is 0.626. The topological polar surface area (TPSA) is 24.5 Å². The van der Waals surface area contributed by atoms with E-state index in [2.05, 4.69) is 41.4 Å². The number of anilines is 1. The van der Waals surface area contributed by atoms with Crippen molar-refractivity contribution in [2.45, 2.75) is 25.8 Å². The molecular formula is C15H24N2O. The van der Waals surface area contributed by atoms with Crippen LogP contribution in [0.2, 0.25) is 0 Å². The first kappa shape index (κ1) is 13.4. The second kappa shape index (κ2) is 6.76. The van der Waals surface area contributed by atoms with Crippen molar-refractivity contribution >= 4 is 5.69 Å². The molecule has 0 saturated carbocycles. The molecule has 1 aliphatic rings. The number of rotatable bonds is 4. The third-order valence-corrected chi connectivity index (χ3v) is 3.61. The minimum Gasteiger partial charge on any atom is -0.384 e. The molecule has 1 N–H and O–H groups in total. The molecule has 2 rings (SSSR count). The summed E-state index contributed by atoms with van der Waals surface area (Å²) in [4.78, 5) is 2.50. The second-order valence-corrected chi connectivity index (χ2v) is 5.00. The molecule has 0 bridgehead atoms. The zero-order valence-corrected chi connectivity index (χ0v) is 11.5. The average molecular weight is 248 g/mol. The van der Waals surface area contributed by atoms with Gasteiger partial charge in [-0.25, -0.2) is 0 Å². The number of ether oxygens (including phenoxy) is 1. The number of benzene rings is 1. The Kier molecular flexibility index (Phi) is 5.02. The average Bonchev–Trinajstić information content (AvgIpc) is 2.61. The first-order valence-corrected chi connectivity index (χ1v) is 6.86. The summed E-state index contributed by atoms with van der Waals surface area (Å²) in [5.41, 5.74) is 2.78. The van der Waals surface area contributed by atoms with Crippen molar-refractivity contribution in [3.05, 3.63) is 29.8 Å². The molecular weight excluding hydrogens is 224 g/mol. The van der Waals surface area contributed by atoms with Gasteiger partial charge in [-0.05, 0) is 31.4 Å². The lowest BCUT2D eigenvalue weighted by Gasteiger charge is -2.25. The van der Waals surface area contributed by atoms with E-state index in [1.807, 2.05) is 0 Å². The van der Waals surface area contributed by atoms with Crippen molar-refractivity contribution in [3.8, 4) is 0 Å². The van der Waals surface area contributed by atoms with E-state index in [0.29, 0.717) is 6.04 Å². The number of hydrogen-bond donors (Lipinski definition) is 1. The van der Waals surface area contributed by atoms with Crippen LogP contribution in [0.3, 0.4) is 0 Å². The van der Waals surface area contributed by atoms with Crippen LogP contribution in [0.25, 0.3) is 0 Å². The third-order valence-electron chi connectivity index (χ3n) is 3.61. The molecule has 1 aromatic rings. The Morgan fingerprint density at radius 2 is 2.17 bits per heavy atom. The molecule has 0 spiro atoms. The number of nitrogens with zero attached hydrogens (tertiary/aromatic N) is 1. The fourth-order valence-electron chi connectivity index (χ4n) is 2.49. The van der Waals surface area contributed by atoms with Crippen LogP contribution in [0.5, 0.6) is 0 Å². The molecule has 3 nitrogen and oxygen atoms in total. The molecule has 0 amide bonds. The van der Waals surface area contributed by atoms with E-state index < -0.39 is 0 Å². The Morgan fingerprint density at radius 1 is 1.33 bits per heavy atom. The molecule has 0 aromatic heterocycles. The van der Waals surface area contributed by atoms with Gasteiger partial charge in [0.25, 0.3) is 0 Å². The van der Waals surface area contributed by atoms with Crippen LogP contribution in [0.1, 0.15) is 18.9 Å². The number of hydrogen-bond acceptors (Lipinski definition) is 3. The van der Waals surface area contributed by atoms with E-state index in [9.17, 15) is 0 Å². The molecule has 1 aliphatic heterocycles. The van der Waals surface area contributed by atoms with Crippen LogP contribution in [-0.4, -0.2) is 39.4 Å². The fourth-order valence-corrected chi connectivity index (χ4v) is 2.49. The van der Waals surface area contributed by atoms with Crippen LogP contribution in [0.15, 0.2) is 24.3 Å². The van der Waals surface area contributed by atoms with Crippen molar-refractivity contribution in [1.29, 1.82) is 0 Å².